The van der Waals surface area contributed by atoms with E-state index >= 15 is 0 Å². The number of nitrogens with zero attached hydrogens (tertiary/aromatic N) is 2. The van der Waals surface area contributed by atoms with Crippen LogP contribution in [0, 0.1) is 6.92 Å². The first-order valence-corrected chi connectivity index (χ1v) is 12.4. The summed E-state index contributed by atoms with van der Waals surface area (Å²) in [5, 5.41) is 2.91. The minimum atomic E-state index is -1.17. The number of carbonyl (C=O) groups excluding carboxylic acids is 3. The van der Waals surface area contributed by atoms with E-state index in [9.17, 15) is 14.4 Å². The lowest BCUT2D eigenvalue weighted by atomic mass is 10.1. The number of aromatic nitrogens is 1. The summed E-state index contributed by atoms with van der Waals surface area (Å²) in [6.45, 7) is 4.03. The van der Waals surface area contributed by atoms with Crippen molar-refractivity contribution in [1.82, 2.24) is 9.69 Å². The predicted octanol–water partition coefficient (Wildman–Crippen LogP) is 3.99. The molecule has 2 heterocycles. The SMILES string of the molecule is CCc1ccc(N(C(=O)c2snc(C(N)=O)c2N)[C@@H](C(=O)NCc2ccccc2)c2ccc(C)o2)cc1. The Labute approximate surface area is 218 Å². The van der Waals surface area contributed by atoms with E-state index in [1.165, 1.54) is 4.90 Å². The van der Waals surface area contributed by atoms with Crippen LogP contribution < -0.4 is 21.7 Å². The maximum Gasteiger partial charge on any atom is 0.273 e. The smallest absolute Gasteiger partial charge is 0.273 e. The van der Waals surface area contributed by atoms with Gasteiger partial charge < -0.3 is 21.2 Å². The monoisotopic (exact) mass is 517 g/mol. The number of nitrogen functional groups attached to an aromatic ring is 1. The number of primary amides is 1. The van der Waals surface area contributed by atoms with Gasteiger partial charge >= 0.3 is 0 Å². The van der Waals surface area contributed by atoms with Crippen molar-refractivity contribution in [1.29, 1.82) is 0 Å². The molecular weight excluding hydrogens is 490 g/mol. The molecule has 4 rings (SSSR count). The summed E-state index contributed by atoms with van der Waals surface area (Å²) in [7, 11) is 0. The molecule has 10 heteroatoms. The van der Waals surface area contributed by atoms with E-state index < -0.39 is 23.8 Å². The number of rotatable bonds is 9. The van der Waals surface area contributed by atoms with Crippen molar-refractivity contribution in [2.45, 2.75) is 32.9 Å². The third-order valence-corrected chi connectivity index (χ3v) is 6.69. The fraction of sp³-hybridized carbons (Fsp3) is 0.185. The molecule has 5 N–H and O–H groups in total. The molecule has 0 fully saturated rings. The Hall–Kier alpha value is -4.44. The Balaban J connectivity index is 1.80. The Morgan fingerprint density at radius 2 is 1.73 bits per heavy atom. The second-order valence-electron chi connectivity index (χ2n) is 8.39. The highest BCUT2D eigenvalue weighted by Crippen LogP contribution is 2.34. The fourth-order valence-electron chi connectivity index (χ4n) is 3.87. The van der Waals surface area contributed by atoms with Crippen LogP contribution in [-0.4, -0.2) is 22.1 Å². The molecule has 9 nitrogen and oxygen atoms in total. The van der Waals surface area contributed by atoms with Gasteiger partial charge in [-0.05, 0) is 60.3 Å². The third kappa shape index (κ3) is 5.54. The van der Waals surface area contributed by atoms with E-state index in [0.717, 1.165) is 29.1 Å². The normalized spacial score (nSPS) is 11.6. The van der Waals surface area contributed by atoms with Gasteiger partial charge in [0.15, 0.2) is 11.7 Å². The summed E-state index contributed by atoms with van der Waals surface area (Å²) in [6, 6.07) is 18.9. The zero-order chi connectivity index (χ0) is 26.5. The van der Waals surface area contributed by atoms with Gasteiger partial charge in [-0.25, -0.2) is 0 Å². The fourth-order valence-corrected chi connectivity index (χ4v) is 4.61. The molecule has 0 bridgehead atoms. The van der Waals surface area contributed by atoms with Crippen LogP contribution in [0.1, 0.15) is 55.8 Å². The van der Waals surface area contributed by atoms with Gasteiger partial charge in [0.25, 0.3) is 17.7 Å². The lowest BCUT2D eigenvalue weighted by molar-refractivity contribution is -0.123. The predicted molar refractivity (Wildman–Crippen MR) is 142 cm³/mol. The quantitative estimate of drug-likeness (QED) is 0.306. The van der Waals surface area contributed by atoms with Crippen molar-refractivity contribution in [3.63, 3.8) is 0 Å². The van der Waals surface area contributed by atoms with Crippen LogP contribution >= 0.6 is 11.5 Å². The molecule has 0 aliphatic rings. The molecule has 0 radical (unpaired) electrons. The summed E-state index contributed by atoms with van der Waals surface area (Å²) in [4.78, 5) is 40.8. The number of amides is 3. The number of furan rings is 1. The van der Waals surface area contributed by atoms with E-state index in [2.05, 4.69) is 9.69 Å². The van der Waals surface area contributed by atoms with Crippen LogP contribution in [-0.2, 0) is 17.8 Å². The zero-order valence-electron chi connectivity index (χ0n) is 20.4. The molecule has 1 atom stereocenters. The highest BCUT2D eigenvalue weighted by molar-refractivity contribution is 7.09. The van der Waals surface area contributed by atoms with E-state index in [1.807, 2.05) is 49.4 Å². The second-order valence-corrected chi connectivity index (χ2v) is 9.16. The highest BCUT2D eigenvalue weighted by atomic mass is 32.1. The minimum absolute atomic E-state index is 0.00231. The van der Waals surface area contributed by atoms with Gasteiger partial charge in [0.05, 0.1) is 5.69 Å². The van der Waals surface area contributed by atoms with E-state index in [1.54, 1.807) is 31.2 Å². The maximum atomic E-state index is 14.0. The number of hydrogen-bond acceptors (Lipinski definition) is 7. The number of nitrogens with one attached hydrogen (secondary N) is 1. The standard InChI is InChI=1S/C27H27N5O4S/c1-3-17-10-12-19(13-11-17)32(27(35)24-21(28)22(25(29)33)31-37-24)23(20-14-9-16(2)36-20)26(34)30-15-18-7-5-4-6-8-18/h4-14,23H,3,15,28H2,1-2H3,(H2,29,33)(H,30,34)/t23-/m1/s1. The highest BCUT2D eigenvalue weighted by Gasteiger charge is 2.37. The molecule has 0 spiro atoms. The molecule has 190 valence electrons. The Kier molecular flexibility index (Phi) is 7.69. The Morgan fingerprint density at radius 3 is 2.30 bits per heavy atom. The molecule has 0 saturated carbocycles. The van der Waals surface area contributed by atoms with Gasteiger partial charge in [0.2, 0.25) is 0 Å². The molecule has 3 amide bonds. The Morgan fingerprint density at radius 1 is 1.03 bits per heavy atom. The average Bonchev–Trinajstić information content (AvgIpc) is 3.51. The first-order chi connectivity index (χ1) is 17.8. The lowest BCUT2D eigenvalue weighted by Gasteiger charge is -2.30. The largest absolute Gasteiger partial charge is 0.464 e. The maximum absolute atomic E-state index is 14.0. The molecule has 0 aliphatic carbocycles. The molecule has 2 aromatic carbocycles. The summed E-state index contributed by atoms with van der Waals surface area (Å²) in [5.74, 6) is -1.05. The molecule has 0 unspecified atom stereocenters. The summed E-state index contributed by atoms with van der Waals surface area (Å²) < 4.78 is 9.82. The van der Waals surface area contributed by atoms with Gasteiger partial charge in [-0.3, -0.25) is 19.3 Å². The summed E-state index contributed by atoms with van der Waals surface area (Å²) in [5.41, 5.74) is 13.6. The minimum Gasteiger partial charge on any atom is -0.464 e. The van der Waals surface area contributed by atoms with E-state index in [4.69, 9.17) is 15.9 Å². The van der Waals surface area contributed by atoms with Gasteiger partial charge in [-0.15, -0.1) is 0 Å². The average molecular weight is 518 g/mol. The molecule has 37 heavy (non-hydrogen) atoms. The summed E-state index contributed by atoms with van der Waals surface area (Å²) in [6.07, 6.45) is 0.802. The molecule has 4 aromatic rings. The van der Waals surface area contributed by atoms with E-state index in [-0.39, 0.29) is 28.6 Å². The molecule has 0 saturated heterocycles. The molecule has 2 aromatic heterocycles. The summed E-state index contributed by atoms with van der Waals surface area (Å²) >= 11 is 0.754. The van der Waals surface area contributed by atoms with Gasteiger partial charge in [-0.1, -0.05) is 49.4 Å². The van der Waals surface area contributed by atoms with Crippen molar-refractivity contribution in [3.05, 3.63) is 99.9 Å². The van der Waals surface area contributed by atoms with Crippen LogP contribution in [0.5, 0.6) is 0 Å². The van der Waals surface area contributed by atoms with Crippen LogP contribution in [0.25, 0.3) is 0 Å². The van der Waals surface area contributed by atoms with Crippen LogP contribution in [0.15, 0.2) is 71.1 Å². The molecule has 0 aliphatic heterocycles. The van der Waals surface area contributed by atoms with Crippen LogP contribution in [0.2, 0.25) is 0 Å². The first-order valence-electron chi connectivity index (χ1n) is 11.7. The third-order valence-electron chi connectivity index (χ3n) is 5.84. The number of anilines is 2. The van der Waals surface area contributed by atoms with Gasteiger partial charge in [0.1, 0.15) is 16.4 Å². The topological polar surface area (TPSA) is 145 Å². The lowest BCUT2D eigenvalue weighted by Crippen LogP contribution is -2.43. The van der Waals surface area contributed by atoms with Crippen LogP contribution in [0.4, 0.5) is 11.4 Å². The number of benzene rings is 2. The number of nitrogens with two attached hydrogens (primary N) is 2. The van der Waals surface area contributed by atoms with Crippen molar-refractivity contribution < 1.29 is 18.8 Å². The second kappa shape index (κ2) is 11.1. The van der Waals surface area contributed by atoms with Crippen molar-refractivity contribution in [2.75, 3.05) is 10.6 Å². The van der Waals surface area contributed by atoms with Gasteiger partial charge in [0, 0.05) is 12.2 Å². The number of carbonyl (C=O) groups is 3. The number of aryl methyl sites for hydroxylation is 2. The van der Waals surface area contributed by atoms with Crippen molar-refractivity contribution >= 4 is 40.6 Å². The van der Waals surface area contributed by atoms with Gasteiger partial charge in [-0.2, -0.15) is 4.37 Å². The van der Waals surface area contributed by atoms with Crippen molar-refractivity contribution in [2.24, 2.45) is 5.73 Å². The number of hydrogen-bond donors (Lipinski definition) is 3. The molecular formula is C27H27N5O4S. The zero-order valence-corrected chi connectivity index (χ0v) is 21.2. The first kappa shape index (κ1) is 25.6. The Bertz CT molecular complexity index is 1410. The van der Waals surface area contributed by atoms with Crippen molar-refractivity contribution in [3.8, 4) is 0 Å². The van der Waals surface area contributed by atoms with E-state index in [0.29, 0.717) is 11.4 Å². The van der Waals surface area contributed by atoms with Crippen LogP contribution in [0.3, 0.4) is 0 Å².